The quantitative estimate of drug-likeness (QED) is 0.757. The van der Waals surface area contributed by atoms with Crippen LogP contribution in [0.3, 0.4) is 0 Å². The number of nitrogens with zero attached hydrogens (tertiary/aromatic N) is 1. The van der Waals surface area contributed by atoms with E-state index in [0.717, 1.165) is 5.56 Å². The maximum Gasteiger partial charge on any atom is 0.322 e. The normalized spacial score (nSPS) is 25.0. The fourth-order valence-corrected chi connectivity index (χ4v) is 5.35. The first-order chi connectivity index (χ1) is 12.2. The molecule has 0 aliphatic carbocycles. The number of nitrogens with one attached hydrogen (secondary N) is 2. The van der Waals surface area contributed by atoms with Crippen molar-refractivity contribution in [2.45, 2.75) is 37.1 Å². The van der Waals surface area contributed by atoms with Crippen LogP contribution in [-0.2, 0) is 14.8 Å². The average molecular weight is 381 g/mol. The summed E-state index contributed by atoms with van der Waals surface area (Å²) < 4.78 is 32.7. The van der Waals surface area contributed by atoms with Crippen molar-refractivity contribution in [1.82, 2.24) is 14.9 Å². The van der Waals surface area contributed by atoms with E-state index < -0.39 is 21.6 Å². The summed E-state index contributed by atoms with van der Waals surface area (Å²) in [5.74, 6) is -0.170. The molecule has 1 aromatic carbocycles. The van der Waals surface area contributed by atoms with Gasteiger partial charge in [0.05, 0.1) is 7.11 Å². The minimum Gasteiger partial charge on any atom is -0.495 e. The van der Waals surface area contributed by atoms with E-state index >= 15 is 0 Å². The topological polar surface area (TPSA) is 105 Å². The Bertz CT molecular complexity index is 846. The molecule has 3 rings (SSSR count). The first-order valence-corrected chi connectivity index (χ1v) is 9.91. The van der Waals surface area contributed by atoms with Gasteiger partial charge in [-0.25, -0.2) is 13.2 Å². The Balaban J connectivity index is 1.79. The van der Waals surface area contributed by atoms with E-state index in [-0.39, 0.29) is 29.8 Å². The lowest BCUT2D eigenvalue weighted by Crippen LogP contribution is -2.54. The summed E-state index contributed by atoms with van der Waals surface area (Å²) >= 11 is 0. The summed E-state index contributed by atoms with van der Waals surface area (Å²) in [5, 5.41) is 4.93. The smallest absolute Gasteiger partial charge is 0.322 e. The molecule has 26 heavy (non-hydrogen) atoms. The van der Waals surface area contributed by atoms with Gasteiger partial charge in [-0.15, -0.1) is 0 Å². The summed E-state index contributed by atoms with van der Waals surface area (Å²) in [6.07, 6.45) is 0.967. The third-order valence-corrected chi connectivity index (χ3v) is 7.20. The zero-order chi connectivity index (χ0) is 19.1. The molecule has 2 aliphatic rings. The van der Waals surface area contributed by atoms with Crippen LogP contribution in [0.2, 0.25) is 0 Å². The maximum atomic E-state index is 13.0. The minimum absolute atomic E-state index is 0.125. The van der Waals surface area contributed by atoms with E-state index in [2.05, 4.69) is 10.6 Å². The largest absolute Gasteiger partial charge is 0.495 e. The first kappa shape index (κ1) is 18.7. The van der Waals surface area contributed by atoms with Crippen LogP contribution in [0.25, 0.3) is 0 Å². The molecule has 2 N–H and O–H groups in total. The summed E-state index contributed by atoms with van der Waals surface area (Å²) in [5.41, 5.74) is -0.161. The van der Waals surface area contributed by atoms with Crippen LogP contribution >= 0.6 is 0 Å². The van der Waals surface area contributed by atoms with Crippen LogP contribution in [0.5, 0.6) is 5.75 Å². The van der Waals surface area contributed by atoms with Gasteiger partial charge in [0.15, 0.2) is 0 Å². The highest BCUT2D eigenvalue weighted by atomic mass is 32.2. The summed E-state index contributed by atoms with van der Waals surface area (Å²) in [6, 6.07) is 4.55. The van der Waals surface area contributed by atoms with Crippen LogP contribution < -0.4 is 15.4 Å². The van der Waals surface area contributed by atoms with E-state index in [0.29, 0.717) is 18.6 Å². The van der Waals surface area contributed by atoms with Gasteiger partial charge in [-0.1, -0.05) is 6.07 Å². The molecule has 0 spiro atoms. The second kappa shape index (κ2) is 6.55. The molecule has 142 valence electrons. The van der Waals surface area contributed by atoms with Crippen molar-refractivity contribution in [1.29, 1.82) is 0 Å². The first-order valence-electron chi connectivity index (χ1n) is 8.47. The average Bonchev–Trinajstić information content (AvgIpc) is 2.88. The summed E-state index contributed by atoms with van der Waals surface area (Å²) in [7, 11) is -2.26. The Morgan fingerprint density at radius 3 is 2.42 bits per heavy atom. The molecule has 0 bridgehead atoms. The van der Waals surface area contributed by atoms with Crippen LogP contribution in [0.1, 0.15) is 25.3 Å². The van der Waals surface area contributed by atoms with E-state index in [1.807, 2.05) is 6.92 Å². The van der Waals surface area contributed by atoms with E-state index in [9.17, 15) is 18.0 Å². The molecular formula is C17H23N3O5S. The molecule has 3 amide bonds. The number of methoxy groups -OCH3 is 1. The highest BCUT2D eigenvalue weighted by Crippen LogP contribution is 2.34. The Hall–Kier alpha value is -2.13. The zero-order valence-corrected chi connectivity index (χ0v) is 15.9. The van der Waals surface area contributed by atoms with Gasteiger partial charge in [0.2, 0.25) is 10.0 Å². The number of sulfonamides is 1. The number of carbonyl (C=O) groups is 2. The van der Waals surface area contributed by atoms with Crippen LogP contribution in [0.15, 0.2) is 23.1 Å². The van der Waals surface area contributed by atoms with Crippen LogP contribution in [0.4, 0.5) is 4.79 Å². The number of hydrogen-bond donors (Lipinski definition) is 2. The van der Waals surface area contributed by atoms with Gasteiger partial charge in [-0.05, 0) is 50.3 Å². The molecule has 1 atom stereocenters. The lowest BCUT2D eigenvalue weighted by Gasteiger charge is -2.38. The third-order valence-electron chi connectivity index (χ3n) is 5.28. The van der Waals surface area contributed by atoms with Crippen molar-refractivity contribution in [2.75, 3.05) is 20.2 Å². The second-order valence-electron chi connectivity index (χ2n) is 6.94. The molecule has 9 heteroatoms. The highest BCUT2D eigenvalue weighted by Gasteiger charge is 2.49. The number of rotatable bonds is 4. The Labute approximate surface area is 152 Å². The lowest BCUT2D eigenvalue weighted by molar-refractivity contribution is -0.125. The van der Waals surface area contributed by atoms with Gasteiger partial charge >= 0.3 is 6.03 Å². The van der Waals surface area contributed by atoms with Crippen molar-refractivity contribution in [3.8, 4) is 5.75 Å². The standard InChI is InChI=1S/C17H23N3O5S/c1-11-4-5-13(25-3)14(10-11)26(23,24)20-8-6-12(7-9-20)17(2)15(21)18-16(22)19-17/h4-5,10,12H,6-9H2,1-3H3,(H2,18,19,21,22). The van der Waals surface area contributed by atoms with E-state index in [4.69, 9.17) is 4.74 Å². The number of imide groups is 1. The van der Waals surface area contributed by atoms with Gasteiger partial charge in [-0.2, -0.15) is 4.31 Å². The summed E-state index contributed by atoms with van der Waals surface area (Å²) in [6.45, 7) is 4.07. The van der Waals surface area contributed by atoms with Crippen molar-refractivity contribution >= 4 is 22.0 Å². The molecule has 2 aliphatic heterocycles. The number of piperidine rings is 1. The number of amides is 3. The minimum atomic E-state index is -3.70. The SMILES string of the molecule is COc1ccc(C)cc1S(=O)(=O)N1CCC(C2(C)NC(=O)NC2=O)CC1. The molecule has 2 fully saturated rings. The molecule has 0 saturated carbocycles. The number of ether oxygens (including phenoxy) is 1. The lowest BCUT2D eigenvalue weighted by atomic mass is 9.79. The van der Waals surface area contributed by atoms with Crippen LogP contribution in [0, 0.1) is 12.8 Å². The molecule has 0 aromatic heterocycles. The number of urea groups is 1. The molecule has 8 nitrogen and oxygen atoms in total. The van der Waals surface area contributed by atoms with E-state index in [1.54, 1.807) is 25.1 Å². The van der Waals surface area contributed by atoms with Crippen molar-refractivity contribution in [3.63, 3.8) is 0 Å². The number of carbonyl (C=O) groups excluding carboxylic acids is 2. The number of hydrogen-bond acceptors (Lipinski definition) is 5. The fraction of sp³-hybridized carbons (Fsp3) is 0.529. The molecule has 2 heterocycles. The zero-order valence-electron chi connectivity index (χ0n) is 15.0. The predicted octanol–water partition coefficient (Wildman–Crippen LogP) is 1.00. The second-order valence-corrected chi connectivity index (χ2v) is 8.85. The maximum absolute atomic E-state index is 13.0. The van der Waals surface area contributed by atoms with Gasteiger partial charge in [0.1, 0.15) is 16.2 Å². The molecule has 0 radical (unpaired) electrons. The molecule has 1 aromatic rings. The molecule has 1 unspecified atom stereocenters. The van der Waals surface area contributed by atoms with Crippen molar-refractivity contribution in [3.05, 3.63) is 23.8 Å². The van der Waals surface area contributed by atoms with Crippen LogP contribution in [-0.4, -0.2) is 50.4 Å². The monoisotopic (exact) mass is 381 g/mol. The molecule has 2 saturated heterocycles. The Morgan fingerprint density at radius 1 is 1.23 bits per heavy atom. The van der Waals surface area contributed by atoms with Crippen molar-refractivity contribution in [2.24, 2.45) is 5.92 Å². The fourth-order valence-electron chi connectivity index (χ4n) is 3.64. The highest BCUT2D eigenvalue weighted by molar-refractivity contribution is 7.89. The van der Waals surface area contributed by atoms with Gasteiger partial charge in [-0.3, -0.25) is 10.1 Å². The third kappa shape index (κ3) is 3.05. The predicted molar refractivity (Wildman–Crippen MR) is 94.3 cm³/mol. The molecular weight excluding hydrogens is 358 g/mol. The summed E-state index contributed by atoms with van der Waals surface area (Å²) in [4.78, 5) is 23.7. The van der Waals surface area contributed by atoms with Gasteiger partial charge < -0.3 is 10.1 Å². The van der Waals surface area contributed by atoms with Crippen molar-refractivity contribution < 1.29 is 22.7 Å². The number of benzene rings is 1. The Morgan fingerprint density at radius 2 is 1.88 bits per heavy atom. The Kier molecular flexibility index (Phi) is 4.70. The van der Waals surface area contributed by atoms with E-state index in [1.165, 1.54) is 11.4 Å². The van der Waals surface area contributed by atoms with Gasteiger partial charge in [0, 0.05) is 13.1 Å². The number of aryl methyl sites for hydroxylation is 1. The van der Waals surface area contributed by atoms with Gasteiger partial charge in [0.25, 0.3) is 5.91 Å².